The molecule has 2 aromatic rings. The minimum Gasteiger partial charge on any atom is -0.486 e. The van der Waals surface area contributed by atoms with Crippen LogP contribution in [0.5, 0.6) is 11.5 Å². The molecule has 19 heavy (non-hydrogen) atoms. The molecule has 0 spiro atoms. The number of ether oxygens (including phenoxy) is 2. The average molecular weight is 261 g/mol. The second-order valence-corrected chi connectivity index (χ2v) is 4.22. The van der Waals surface area contributed by atoms with Gasteiger partial charge in [-0.3, -0.25) is 0 Å². The molecule has 6 heteroatoms. The second-order valence-electron chi connectivity index (χ2n) is 4.22. The fourth-order valence-corrected chi connectivity index (χ4v) is 2.08. The summed E-state index contributed by atoms with van der Waals surface area (Å²) in [5.74, 6) is 2.45. The van der Waals surface area contributed by atoms with Gasteiger partial charge in [0.05, 0.1) is 6.54 Å². The predicted molar refractivity (Wildman–Crippen MR) is 68.0 cm³/mol. The van der Waals surface area contributed by atoms with Crippen molar-refractivity contribution >= 4 is 0 Å². The van der Waals surface area contributed by atoms with Gasteiger partial charge in [0.1, 0.15) is 13.2 Å². The minimum absolute atomic E-state index is 0.235. The number of fused-ring (bicyclic) bond motifs is 1. The monoisotopic (exact) mass is 261 g/mol. The quantitative estimate of drug-likeness (QED) is 0.902. The molecule has 0 saturated carbocycles. The molecule has 2 N–H and O–H groups in total. The normalized spacial score (nSPS) is 13.6. The molecule has 1 aromatic carbocycles. The molecule has 2 heterocycles. The Kier molecular flexibility index (Phi) is 3.08. The first kappa shape index (κ1) is 12.0. The third kappa shape index (κ3) is 2.15. The zero-order valence-electron chi connectivity index (χ0n) is 10.7. The van der Waals surface area contributed by atoms with Crippen molar-refractivity contribution < 1.29 is 14.0 Å². The Hall–Kier alpha value is -2.08. The number of hydrogen-bond acceptors (Lipinski definition) is 6. The minimum atomic E-state index is 0.235. The Morgan fingerprint density at radius 3 is 2.58 bits per heavy atom. The van der Waals surface area contributed by atoms with Crippen molar-refractivity contribution in [2.45, 2.75) is 19.9 Å². The molecule has 0 amide bonds. The van der Waals surface area contributed by atoms with Gasteiger partial charge in [-0.1, -0.05) is 12.1 Å². The number of nitrogens with two attached hydrogens (primary N) is 1. The second kappa shape index (κ2) is 4.89. The number of aromatic nitrogens is 2. The third-order valence-corrected chi connectivity index (χ3v) is 3.03. The van der Waals surface area contributed by atoms with Crippen LogP contribution in [0, 0.1) is 0 Å². The SMILES string of the molecule is CCc1cc2c(cc1-c1noc(CN)n1)OCCO2. The van der Waals surface area contributed by atoms with Crippen LogP contribution in [0.4, 0.5) is 0 Å². The Morgan fingerprint density at radius 1 is 1.21 bits per heavy atom. The lowest BCUT2D eigenvalue weighted by molar-refractivity contribution is 0.171. The average Bonchev–Trinajstić information content (AvgIpc) is 2.94. The van der Waals surface area contributed by atoms with Gasteiger partial charge in [0.25, 0.3) is 0 Å². The maximum absolute atomic E-state index is 5.58. The predicted octanol–water partition coefficient (Wildman–Crippen LogP) is 1.53. The fourth-order valence-electron chi connectivity index (χ4n) is 2.08. The van der Waals surface area contributed by atoms with Gasteiger partial charge in [-0.15, -0.1) is 0 Å². The zero-order valence-corrected chi connectivity index (χ0v) is 10.7. The molecule has 100 valence electrons. The van der Waals surface area contributed by atoms with E-state index in [-0.39, 0.29) is 6.54 Å². The summed E-state index contributed by atoms with van der Waals surface area (Å²) in [6.45, 7) is 3.44. The first-order valence-electron chi connectivity index (χ1n) is 6.27. The van der Waals surface area contributed by atoms with Crippen LogP contribution in [0.15, 0.2) is 16.7 Å². The summed E-state index contributed by atoms with van der Waals surface area (Å²) in [4.78, 5) is 4.26. The van der Waals surface area contributed by atoms with Crippen LogP contribution in [0.25, 0.3) is 11.4 Å². The molecule has 0 fully saturated rings. The molecule has 6 nitrogen and oxygen atoms in total. The van der Waals surface area contributed by atoms with Gasteiger partial charge < -0.3 is 19.7 Å². The summed E-state index contributed by atoms with van der Waals surface area (Å²) >= 11 is 0. The van der Waals surface area contributed by atoms with Crippen LogP contribution in [0.1, 0.15) is 18.4 Å². The fraction of sp³-hybridized carbons (Fsp3) is 0.385. The number of benzene rings is 1. The number of rotatable bonds is 3. The van der Waals surface area contributed by atoms with Crippen molar-refractivity contribution in [1.82, 2.24) is 10.1 Å². The molecule has 1 aromatic heterocycles. The van der Waals surface area contributed by atoms with E-state index in [9.17, 15) is 0 Å². The number of nitrogens with zero attached hydrogens (tertiary/aromatic N) is 2. The van der Waals surface area contributed by atoms with Crippen molar-refractivity contribution in [3.63, 3.8) is 0 Å². The van der Waals surface area contributed by atoms with E-state index in [1.165, 1.54) is 0 Å². The highest BCUT2D eigenvalue weighted by Gasteiger charge is 2.18. The molecular weight excluding hydrogens is 246 g/mol. The lowest BCUT2D eigenvalue weighted by atomic mass is 10.0. The smallest absolute Gasteiger partial charge is 0.240 e. The molecule has 0 unspecified atom stereocenters. The maximum Gasteiger partial charge on any atom is 0.240 e. The van der Waals surface area contributed by atoms with Gasteiger partial charge in [0.15, 0.2) is 11.5 Å². The van der Waals surface area contributed by atoms with Crippen LogP contribution >= 0.6 is 0 Å². The van der Waals surface area contributed by atoms with Crippen LogP contribution in [-0.4, -0.2) is 23.4 Å². The van der Waals surface area contributed by atoms with E-state index < -0.39 is 0 Å². The molecule has 0 atom stereocenters. The molecule has 0 saturated heterocycles. The molecule has 0 bridgehead atoms. The van der Waals surface area contributed by atoms with Gasteiger partial charge in [-0.05, 0) is 24.1 Å². The lowest BCUT2D eigenvalue weighted by Gasteiger charge is -2.20. The third-order valence-electron chi connectivity index (χ3n) is 3.03. The number of aryl methyl sites for hydroxylation is 1. The van der Waals surface area contributed by atoms with E-state index in [4.69, 9.17) is 19.7 Å². The lowest BCUT2D eigenvalue weighted by Crippen LogP contribution is -2.15. The van der Waals surface area contributed by atoms with E-state index in [1.54, 1.807) is 0 Å². The van der Waals surface area contributed by atoms with Crippen LogP contribution in [0.3, 0.4) is 0 Å². The highest BCUT2D eigenvalue weighted by Crippen LogP contribution is 2.36. The Labute approximate surface area is 110 Å². The molecule has 3 rings (SSSR count). The first-order chi connectivity index (χ1) is 9.31. The summed E-state index contributed by atoms with van der Waals surface area (Å²) in [7, 11) is 0. The number of hydrogen-bond donors (Lipinski definition) is 1. The van der Waals surface area contributed by atoms with E-state index in [1.807, 2.05) is 12.1 Å². The van der Waals surface area contributed by atoms with Gasteiger partial charge >= 0.3 is 0 Å². The Morgan fingerprint density at radius 2 is 1.95 bits per heavy atom. The van der Waals surface area contributed by atoms with Crippen molar-refractivity contribution in [2.75, 3.05) is 13.2 Å². The maximum atomic E-state index is 5.58. The van der Waals surface area contributed by atoms with Gasteiger partial charge in [-0.2, -0.15) is 4.98 Å². The van der Waals surface area contributed by atoms with Gasteiger partial charge in [-0.25, -0.2) is 0 Å². The van der Waals surface area contributed by atoms with Gasteiger partial charge in [0.2, 0.25) is 11.7 Å². The van der Waals surface area contributed by atoms with E-state index >= 15 is 0 Å². The highest BCUT2D eigenvalue weighted by atomic mass is 16.6. The summed E-state index contributed by atoms with van der Waals surface area (Å²) < 4.78 is 16.2. The Balaban J connectivity index is 2.08. The molecule has 0 radical (unpaired) electrons. The summed E-state index contributed by atoms with van der Waals surface area (Å²) in [5.41, 5.74) is 7.47. The summed E-state index contributed by atoms with van der Waals surface area (Å²) in [5, 5.41) is 3.95. The zero-order chi connectivity index (χ0) is 13.2. The van der Waals surface area contributed by atoms with Crippen LogP contribution in [-0.2, 0) is 13.0 Å². The van der Waals surface area contributed by atoms with E-state index in [0.717, 1.165) is 29.0 Å². The molecule has 0 aliphatic carbocycles. The van der Waals surface area contributed by atoms with Crippen molar-refractivity contribution in [2.24, 2.45) is 5.73 Å². The topological polar surface area (TPSA) is 83.4 Å². The standard InChI is InChI=1S/C13H15N3O3/c1-2-8-5-10-11(18-4-3-17-10)6-9(8)13-15-12(7-14)19-16-13/h5-6H,2-4,7,14H2,1H3. The van der Waals surface area contributed by atoms with Gasteiger partial charge in [0, 0.05) is 5.56 Å². The summed E-state index contributed by atoms with van der Waals surface area (Å²) in [6, 6.07) is 3.88. The largest absolute Gasteiger partial charge is 0.486 e. The van der Waals surface area contributed by atoms with Crippen molar-refractivity contribution in [3.8, 4) is 22.9 Å². The van der Waals surface area contributed by atoms with Crippen molar-refractivity contribution in [3.05, 3.63) is 23.6 Å². The first-order valence-corrected chi connectivity index (χ1v) is 6.27. The molecule has 1 aliphatic heterocycles. The van der Waals surface area contributed by atoms with E-state index in [0.29, 0.717) is 24.9 Å². The summed E-state index contributed by atoms with van der Waals surface area (Å²) in [6.07, 6.45) is 0.846. The van der Waals surface area contributed by atoms with E-state index in [2.05, 4.69) is 17.1 Å². The van der Waals surface area contributed by atoms with Crippen LogP contribution in [0.2, 0.25) is 0 Å². The molecule has 1 aliphatic rings. The van der Waals surface area contributed by atoms with Crippen LogP contribution < -0.4 is 15.2 Å². The van der Waals surface area contributed by atoms with Crippen molar-refractivity contribution in [1.29, 1.82) is 0 Å². The molecular formula is C13H15N3O3. The Bertz CT molecular complexity index is 595. The highest BCUT2D eigenvalue weighted by molar-refractivity contribution is 5.66.